The molecule has 0 radical (unpaired) electrons. The number of pyridine rings is 1. The molecule has 6 rings (SSSR count). The van der Waals surface area contributed by atoms with Crippen molar-refractivity contribution in [2.45, 2.75) is 64.0 Å². The predicted octanol–water partition coefficient (Wildman–Crippen LogP) is 5.69. The summed E-state index contributed by atoms with van der Waals surface area (Å²) in [5.41, 5.74) is 1.18. The first-order valence-corrected chi connectivity index (χ1v) is 12.9. The molecular formula is C27H28F4N6O. The van der Waals surface area contributed by atoms with E-state index in [-0.39, 0.29) is 36.2 Å². The van der Waals surface area contributed by atoms with Crippen molar-refractivity contribution >= 4 is 17.5 Å². The number of rotatable bonds is 5. The van der Waals surface area contributed by atoms with Gasteiger partial charge in [-0.05, 0) is 56.4 Å². The van der Waals surface area contributed by atoms with Gasteiger partial charge >= 0.3 is 12.2 Å². The number of anilines is 2. The summed E-state index contributed by atoms with van der Waals surface area (Å²) in [6, 6.07) is 7.00. The van der Waals surface area contributed by atoms with E-state index < -0.39 is 11.7 Å². The highest BCUT2D eigenvalue weighted by Crippen LogP contribution is 2.40. The number of nitrogens with zero attached hydrogens (tertiary/aromatic N) is 6. The SMILES string of the molecule is Cc1cccc(F)c1N1CCC(N2Cc3cn(C4CC4)nc3N(Cc3ncccc3C(F)(F)F)C2=O)CC1. The van der Waals surface area contributed by atoms with Crippen LogP contribution in [0.25, 0.3) is 0 Å². The summed E-state index contributed by atoms with van der Waals surface area (Å²) in [5, 5.41) is 4.62. The van der Waals surface area contributed by atoms with E-state index in [0.29, 0.717) is 44.0 Å². The Kier molecular flexibility index (Phi) is 6.03. The first kappa shape index (κ1) is 24.7. The summed E-state index contributed by atoms with van der Waals surface area (Å²) in [4.78, 5) is 22.9. The van der Waals surface area contributed by atoms with Gasteiger partial charge in [0.25, 0.3) is 0 Å². The second kappa shape index (κ2) is 9.28. The number of piperidine rings is 1. The summed E-state index contributed by atoms with van der Waals surface area (Å²) < 4.78 is 57.5. The monoisotopic (exact) mass is 528 g/mol. The molecule has 2 aromatic heterocycles. The standard InChI is InChI=1S/C27H28F4N6O/c1-17-4-2-6-22(28)24(17)34-12-9-19(10-13-34)35-14-18-15-37(20-7-8-20)33-25(18)36(26(35)38)16-23-21(27(29,30)31)5-3-11-32-23/h2-6,11,15,19-20H,7-10,12-14,16H2,1H3. The topological polar surface area (TPSA) is 57.5 Å². The number of carbonyl (C=O) groups excluding carboxylic acids is 1. The van der Waals surface area contributed by atoms with E-state index >= 15 is 0 Å². The first-order valence-electron chi connectivity index (χ1n) is 12.9. The van der Waals surface area contributed by atoms with Gasteiger partial charge in [0.05, 0.1) is 36.1 Å². The normalized spacial score (nSPS) is 18.8. The molecule has 0 atom stereocenters. The summed E-state index contributed by atoms with van der Waals surface area (Å²) in [7, 11) is 0. The van der Waals surface area contributed by atoms with Crippen molar-refractivity contribution in [3.8, 4) is 0 Å². The zero-order valence-electron chi connectivity index (χ0n) is 21.0. The Morgan fingerprint density at radius 3 is 2.47 bits per heavy atom. The predicted molar refractivity (Wildman–Crippen MR) is 133 cm³/mol. The minimum absolute atomic E-state index is 0.128. The van der Waals surface area contributed by atoms with Crippen LogP contribution < -0.4 is 9.80 Å². The van der Waals surface area contributed by atoms with Gasteiger partial charge in [-0.3, -0.25) is 14.6 Å². The van der Waals surface area contributed by atoms with Crippen LogP contribution in [-0.2, 0) is 19.3 Å². The fourth-order valence-corrected chi connectivity index (χ4v) is 5.61. The van der Waals surface area contributed by atoms with Crippen LogP contribution in [0, 0.1) is 12.7 Å². The third-order valence-corrected chi connectivity index (χ3v) is 7.69. The van der Waals surface area contributed by atoms with Crippen molar-refractivity contribution < 1.29 is 22.4 Å². The van der Waals surface area contributed by atoms with E-state index in [1.807, 2.05) is 28.8 Å². The molecular weight excluding hydrogens is 500 g/mol. The van der Waals surface area contributed by atoms with Gasteiger partial charge in [0.2, 0.25) is 0 Å². The van der Waals surface area contributed by atoms with Crippen molar-refractivity contribution in [3.63, 3.8) is 0 Å². The van der Waals surface area contributed by atoms with Crippen LogP contribution in [0.3, 0.4) is 0 Å². The number of urea groups is 1. The highest BCUT2D eigenvalue weighted by Gasteiger charge is 2.41. The van der Waals surface area contributed by atoms with Gasteiger partial charge in [-0.1, -0.05) is 12.1 Å². The molecule has 4 heterocycles. The number of aromatic nitrogens is 3. The molecule has 1 saturated heterocycles. The Morgan fingerprint density at radius 2 is 1.79 bits per heavy atom. The third kappa shape index (κ3) is 4.48. The Labute approximate surface area is 217 Å². The Hall–Kier alpha value is -3.63. The van der Waals surface area contributed by atoms with Crippen LogP contribution in [0.4, 0.5) is 33.9 Å². The molecule has 0 N–H and O–H groups in total. The van der Waals surface area contributed by atoms with Crippen molar-refractivity contribution in [2.24, 2.45) is 0 Å². The van der Waals surface area contributed by atoms with Gasteiger partial charge in [0.1, 0.15) is 5.82 Å². The number of hydrogen-bond acceptors (Lipinski definition) is 4. The molecule has 2 amide bonds. The minimum Gasteiger partial charge on any atom is -0.369 e. The zero-order valence-corrected chi connectivity index (χ0v) is 21.0. The quantitative estimate of drug-likeness (QED) is 0.400. The molecule has 1 aliphatic carbocycles. The fraction of sp³-hybridized carbons (Fsp3) is 0.444. The van der Waals surface area contributed by atoms with E-state index in [4.69, 9.17) is 0 Å². The summed E-state index contributed by atoms with van der Waals surface area (Å²) in [6.07, 6.45) is 1.86. The Morgan fingerprint density at radius 1 is 1.03 bits per heavy atom. The maximum absolute atomic E-state index is 14.6. The van der Waals surface area contributed by atoms with Gasteiger partial charge in [-0.15, -0.1) is 0 Å². The number of aryl methyl sites for hydroxylation is 1. The van der Waals surface area contributed by atoms with Gasteiger partial charge in [-0.2, -0.15) is 18.3 Å². The molecule has 0 bridgehead atoms. The van der Waals surface area contributed by atoms with Crippen LogP contribution in [0.15, 0.2) is 42.7 Å². The highest BCUT2D eigenvalue weighted by molar-refractivity contribution is 5.93. The number of fused-ring (bicyclic) bond motifs is 1. The fourth-order valence-electron chi connectivity index (χ4n) is 5.61. The van der Waals surface area contributed by atoms with Crippen LogP contribution >= 0.6 is 0 Å². The lowest BCUT2D eigenvalue weighted by molar-refractivity contribution is -0.138. The number of amides is 2. The Balaban J connectivity index is 1.27. The van der Waals surface area contributed by atoms with Crippen molar-refractivity contribution in [2.75, 3.05) is 22.9 Å². The van der Waals surface area contributed by atoms with Crippen LogP contribution in [0.2, 0.25) is 0 Å². The number of para-hydroxylation sites is 1. The van der Waals surface area contributed by atoms with Gasteiger partial charge in [-0.25, -0.2) is 9.18 Å². The van der Waals surface area contributed by atoms with E-state index in [1.54, 1.807) is 11.0 Å². The second-order valence-corrected chi connectivity index (χ2v) is 10.3. The molecule has 3 aliphatic rings. The summed E-state index contributed by atoms with van der Waals surface area (Å²) in [6.45, 7) is 3.04. The van der Waals surface area contributed by atoms with Gasteiger partial charge in [0, 0.05) is 37.1 Å². The molecule has 1 aromatic carbocycles. The van der Waals surface area contributed by atoms with Crippen molar-refractivity contribution in [3.05, 3.63) is 70.9 Å². The van der Waals surface area contributed by atoms with Gasteiger partial charge in [0.15, 0.2) is 5.82 Å². The molecule has 11 heteroatoms. The molecule has 38 heavy (non-hydrogen) atoms. The van der Waals surface area contributed by atoms with Crippen molar-refractivity contribution in [1.82, 2.24) is 19.7 Å². The van der Waals surface area contributed by atoms with E-state index in [1.165, 1.54) is 23.2 Å². The molecule has 200 valence electrons. The molecule has 1 saturated carbocycles. The van der Waals surface area contributed by atoms with Crippen LogP contribution in [0.5, 0.6) is 0 Å². The molecule has 0 unspecified atom stereocenters. The largest absolute Gasteiger partial charge is 0.418 e. The van der Waals surface area contributed by atoms with E-state index in [0.717, 1.165) is 30.0 Å². The summed E-state index contributed by atoms with van der Waals surface area (Å²) in [5.74, 6) is 0.132. The molecule has 3 aromatic rings. The second-order valence-electron chi connectivity index (χ2n) is 10.3. The van der Waals surface area contributed by atoms with E-state index in [2.05, 4.69) is 10.1 Å². The van der Waals surface area contributed by atoms with Crippen LogP contribution in [0.1, 0.15) is 54.1 Å². The van der Waals surface area contributed by atoms with E-state index in [9.17, 15) is 22.4 Å². The lowest BCUT2D eigenvalue weighted by Gasteiger charge is -2.43. The average molecular weight is 529 g/mol. The number of benzene rings is 1. The van der Waals surface area contributed by atoms with Crippen LogP contribution in [-0.4, -0.2) is 44.8 Å². The van der Waals surface area contributed by atoms with Crippen molar-refractivity contribution in [1.29, 1.82) is 0 Å². The molecule has 2 fully saturated rings. The number of alkyl halides is 3. The number of carbonyl (C=O) groups is 1. The molecule has 2 aliphatic heterocycles. The highest BCUT2D eigenvalue weighted by atomic mass is 19.4. The minimum atomic E-state index is -4.59. The van der Waals surface area contributed by atoms with Gasteiger partial charge < -0.3 is 9.80 Å². The maximum atomic E-state index is 14.6. The lowest BCUT2D eigenvalue weighted by Crippen LogP contribution is -2.54. The lowest BCUT2D eigenvalue weighted by atomic mass is 10.00. The zero-order chi connectivity index (χ0) is 26.6. The Bertz CT molecular complexity index is 1340. The third-order valence-electron chi connectivity index (χ3n) is 7.69. The molecule has 7 nitrogen and oxygen atoms in total. The average Bonchev–Trinajstić information content (AvgIpc) is 3.65. The smallest absolute Gasteiger partial charge is 0.369 e. The number of halogens is 4. The summed E-state index contributed by atoms with van der Waals surface area (Å²) >= 11 is 0. The number of hydrogen-bond donors (Lipinski definition) is 0. The first-order chi connectivity index (χ1) is 18.2. The maximum Gasteiger partial charge on any atom is 0.418 e. The molecule has 0 spiro atoms.